The maximum Gasteiger partial charge on any atom is 0.254 e. The predicted molar refractivity (Wildman–Crippen MR) is 126 cm³/mol. The molecule has 1 saturated heterocycles. The Kier molecular flexibility index (Phi) is 5.79. The Morgan fingerprint density at radius 2 is 1.77 bits per heavy atom. The number of carbonyl (C=O) groups excluding carboxylic acids is 1. The number of benzene rings is 2. The van der Waals surface area contributed by atoms with Gasteiger partial charge < -0.3 is 9.80 Å². The minimum Gasteiger partial charge on any atom is -0.345 e. The molecule has 0 spiro atoms. The fourth-order valence-electron chi connectivity index (χ4n) is 3.86. The number of carbonyl (C=O) groups is 1. The van der Waals surface area contributed by atoms with Crippen LogP contribution in [0.1, 0.15) is 35.3 Å². The second kappa shape index (κ2) is 8.24. The van der Waals surface area contributed by atoms with E-state index in [2.05, 4.69) is 30.9 Å². The van der Waals surface area contributed by atoms with E-state index in [0.29, 0.717) is 31.7 Å². The lowest BCUT2D eigenvalue weighted by Gasteiger charge is -2.34. The van der Waals surface area contributed by atoms with Gasteiger partial charge in [0, 0.05) is 31.7 Å². The summed E-state index contributed by atoms with van der Waals surface area (Å²) in [5.41, 5.74) is 3.89. The number of anilines is 1. The molecule has 1 aliphatic rings. The Balaban J connectivity index is 1.48. The number of fused-ring (bicyclic) bond motifs is 1. The van der Waals surface area contributed by atoms with Crippen LogP contribution >= 0.6 is 11.3 Å². The van der Waals surface area contributed by atoms with Crippen molar-refractivity contribution in [1.82, 2.24) is 9.88 Å². The van der Waals surface area contributed by atoms with E-state index in [-0.39, 0.29) is 10.8 Å². The highest BCUT2D eigenvalue weighted by atomic mass is 32.2. The fraction of sp³-hybridized carbons (Fsp3) is 0.391. The first kappa shape index (κ1) is 21.8. The predicted octanol–water partition coefficient (Wildman–Crippen LogP) is 4.06. The van der Waals surface area contributed by atoms with Gasteiger partial charge >= 0.3 is 0 Å². The summed E-state index contributed by atoms with van der Waals surface area (Å²) in [6, 6.07) is 10.7. The second-order valence-electron chi connectivity index (χ2n) is 8.33. The van der Waals surface area contributed by atoms with Crippen molar-refractivity contribution in [1.29, 1.82) is 0 Å². The van der Waals surface area contributed by atoms with Crippen molar-refractivity contribution in [2.45, 2.75) is 37.8 Å². The van der Waals surface area contributed by atoms with Crippen LogP contribution in [0.5, 0.6) is 0 Å². The first-order valence-electron chi connectivity index (χ1n) is 10.4. The summed E-state index contributed by atoms with van der Waals surface area (Å²) in [4.78, 5) is 22.0. The third-order valence-corrected chi connectivity index (χ3v) is 9.10. The molecule has 31 heavy (non-hydrogen) atoms. The molecule has 2 aromatic carbocycles. The van der Waals surface area contributed by atoms with Gasteiger partial charge in [0.05, 0.1) is 20.4 Å². The Morgan fingerprint density at radius 3 is 2.45 bits per heavy atom. The van der Waals surface area contributed by atoms with Crippen molar-refractivity contribution in [3.63, 3.8) is 0 Å². The summed E-state index contributed by atoms with van der Waals surface area (Å²) < 4.78 is 26.1. The van der Waals surface area contributed by atoms with Crippen molar-refractivity contribution in [3.05, 3.63) is 53.1 Å². The highest BCUT2D eigenvalue weighted by molar-refractivity contribution is 7.92. The number of rotatable bonds is 4. The van der Waals surface area contributed by atoms with Gasteiger partial charge in [-0.15, -0.1) is 0 Å². The topological polar surface area (TPSA) is 70.6 Å². The lowest BCUT2D eigenvalue weighted by molar-refractivity contribution is 0.0746. The van der Waals surface area contributed by atoms with Gasteiger partial charge in [-0.2, -0.15) is 0 Å². The van der Waals surface area contributed by atoms with E-state index in [1.54, 1.807) is 48.3 Å². The summed E-state index contributed by atoms with van der Waals surface area (Å²) in [6.07, 6.45) is 0. The standard InChI is InChI=1S/C23H27N3O3S2/c1-15(2)31(28,29)19-7-5-6-18(14-19)22(27)25-8-10-26(11-9-25)23-24-20-13-16(3)12-17(4)21(20)30-23/h5-7,12-15H,8-11H2,1-4H3. The number of sulfone groups is 1. The van der Waals surface area contributed by atoms with E-state index in [0.717, 1.165) is 10.6 Å². The third kappa shape index (κ3) is 4.19. The van der Waals surface area contributed by atoms with Crippen LogP contribution in [0.25, 0.3) is 10.2 Å². The van der Waals surface area contributed by atoms with Gasteiger partial charge in [0.15, 0.2) is 15.0 Å². The number of thiazole rings is 1. The zero-order valence-corrected chi connectivity index (χ0v) is 19.9. The molecule has 3 aromatic rings. The lowest BCUT2D eigenvalue weighted by atomic mass is 10.1. The molecule has 4 rings (SSSR count). The molecule has 2 heterocycles. The van der Waals surface area contributed by atoms with Crippen molar-refractivity contribution >= 4 is 42.4 Å². The van der Waals surface area contributed by atoms with Crippen LogP contribution in [-0.4, -0.2) is 55.6 Å². The number of aryl methyl sites for hydroxylation is 2. The van der Waals surface area contributed by atoms with Gasteiger partial charge in [-0.1, -0.05) is 23.5 Å². The maximum atomic E-state index is 13.0. The number of aromatic nitrogens is 1. The summed E-state index contributed by atoms with van der Waals surface area (Å²) >= 11 is 1.70. The summed E-state index contributed by atoms with van der Waals surface area (Å²) in [5.74, 6) is -0.128. The van der Waals surface area contributed by atoms with Crippen LogP contribution in [0.3, 0.4) is 0 Å². The molecule has 1 aromatic heterocycles. The summed E-state index contributed by atoms with van der Waals surface area (Å²) in [7, 11) is -3.41. The molecule has 0 bridgehead atoms. The van der Waals surface area contributed by atoms with Gasteiger partial charge in [-0.05, 0) is 63.1 Å². The molecule has 1 amide bonds. The average molecular weight is 458 g/mol. The molecule has 0 atom stereocenters. The summed E-state index contributed by atoms with van der Waals surface area (Å²) in [5, 5.41) is 0.462. The second-order valence-corrected chi connectivity index (χ2v) is 11.8. The van der Waals surface area contributed by atoms with Crippen LogP contribution in [0.2, 0.25) is 0 Å². The highest BCUT2D eigenvalue weighted by Gasteiger charge is 2.26. The molecule has 6 nitrogen and oxygen atoms in total. The third-order valence-electron chi connectivity index (χ3n) is 5.68. The van der Waals surface area contributed by atoms with Crippen molar-refractivity contribution in [3.8, 4) is 0 Å². The smallest absolute Gasteiger partial charge is 0.254 e. The molecule has 0 saturated carbocycles. The molecular formula is C23H27N3O3S2. The lowest BCUT2D eigenvalue weighted by Crippen LogP contribution is -2.48. The minimum absolute atomic E-state index is 0.128. The number of hydrogen-bond donors (Lipinski definition) is 0. The number of piperazine rings is 1. The molecular weight excluding hydrogens is 430 g/mol. The van der Waals surface area contributed by atoms with E-state index in [1.165, 1.54) is 21.9 Å². The number of nitrogens with zero attached hydrogens (tertiary/aromatic N) is 3. The van der Waals surface area contributed by atoms with Gasteiger partial charge in [0.1, 0.15) is 0 Å². The van der Waals surface area contributed by atoms with Crippen LogP contribution in [0.4, 0.5) is 5.13 Å². The average Bonchev–Trinajstić information content (AvgIpc) is 3.18. The Labute approximate surface area is 187 Å². The molecule has 1 fully saturated rings. The molecule has 0 unspecified atom stereocenters. The molecule has 164 valence electrons. The van der Waals surface area contributed by atoms with Crippen LogP contribution < -0.4 is 4.90 Å². The molecule has 0 aliphatic carbocycles. The number of amides is 1. The minimum atomic E-state index is -3.41. The van der Waals surface area contributed by atoms with E-state index < -0.39 is 15.1 Å². The molecule has 8 heteroatoms. The van der Waals surface area contributed by atoms with Crippen molar-refractivity contribution in [2.24, 2.45) is 0 Å². The van der Waals surface area contributed by atoms with Crippen LogP contribution in [0.15, 0.2) is 41.3 Å². The van der Waals surface area contributed by atoms with E-state index in [1.807, 2.05) is 0 Å². The quantitative estimate of drug-likeness (QED) is 0.591. The van der Waals surface area contributed by atoms with Gasteiger partial charge in [0.25, 0.3) is 5.91 Å². The zero-order chi connectivity index (χ0) is 22.3. The van der Waals surface area contributed by atoms with E-state index in [9.17, 15) is 13.2 Å². The Morgan fingerprint density at radius 1 is 1.06 bits per heavy atom. The fourth-order valence-corrected chi connectivity index (χ4v) is 6.03. The van der Waals surface area contributed by atoms with Crippen molar-refractivity contribution < 1.29 is 13.2 Å². The highest BCUT2D eigenvalue weighted by Crippen LogP contribution is 2.32. The first-order valence-corrected chi connectivity index (χ1v) is 12.8. The van der Waals surface area contributed by atoms with E-state index >= 15 is 0 Å². The molecule has 0 radical (unpaired) electrons. The van der Waals surface area contributed by atoms with E-state index in [4.69, 9.17) is 4.98 Å². The molecule has 0 N–H and O–H groups in total. The van der Waals surface area contributed by atoms with Gasteiger partial charge in [-0.3, -0.25) is 4.79 Å². The van der Waals surface area contributed by atoms with Crippen molar-refractivity contribution in [2.75, 3.05) is 31.1 Å². The van der Waals surface area contributed by atoms with Crippen LogP contribution in [0, 0.1) is 13.8 Å². The SMILES string of the molecule is Cc1cc(C)c2sc(N3CCN(C(=O)c4cccc(S(=O)(=O)C(C)C)c4)CC3)nc2c1. The normalized spacial score (nSPS) is 15.1. The van der Waals surface area contributed by atoms with Gasteiger partial charge in [0.2, 0.25) is 0 Å². The largest absolute Gasteiger partial charge is 0.345 e. The zero-order valence-electron chi connectivity index (χ0n) is 18.3. The molecule has 1 aliphatic heterocycles. The van der Waals surface area contributed by atoms with Crippen LogP contribution in [-0.2, 0) is 9.84 Å². The first-order chi connectivity index (χ1) is 14.7. The monoisotopic (exact) mass is 457 g/mol. The maximum absolute atomic E-state index is 13.0. The Bertz CT molecular complexity index is 1240. The Hall–Kier alpha value is -2.45. The van der Waals surface area contributed by atoms with Gasteiger partial charge in [-0.25, -0.2) is 13.4 Å². The summed E-state index contributed by atoms with van der Waals surface area (Å²) in [6.45, 7) is 10.0. The number of hydrogen-bond acceptors (Lipinski definition) is 6.